The molecule has 0 atom stereocenters. The van der Waals surface area contributed by atoms with Crippen molar-refractivity contribution < 1.29 is 0 Å². The van der Waals surface area contributed by atoms with Gasteiger partial charge in [-0.1, -0.05) is 34.6 Å². The molecule has 0 aliphatic heterocycles. The van der Waals surface area contributed by atoms with Crippen LogP contribution in [0, 0.1) is 11.3 Å². The smallest absolute Gasteiger partial charge is 0.0722 e. The average Bonchev–Trinajstić information content (AvgIpc) is 2.96. The Bertz CT molecular complexity index is 433. The van der Waals surface area contributed by atoms with Gasteiger partial charge in [0.05, 0.1) is 5.69 Å². The van der Waals surface area contributed by atoms with Crippen LogP contribution in [0.2, 0.25) is 0 Å². The highest BCUT2D eigenvalue weighted by Gasteiger charge is 2.44. The Morgan fingerprint density at radius 3 is 2.47 bits per heavy atom. The van der Waals surface area contributed by atoms with Crippen LogP contribution in [0.25, 0.3) is 0 Å². The Hall–Kier alpha value is -0.830. The van der Waals surface area contributed by atoms with Gasteiger partial charge < -0.3 is 5.32 Å². The summed E-state index contributed by atoms with van der Waals surface area (Å²) >= 11 is 0. The van der Waals surface area contributed by atoms with Gasteiger partial charge in [-0.2, -0.15) is 5.10 Å². The molecule has 2 rings (SSSR count). The van der Waals surface area contributed by atoms with Gasteiger partial charge in [0.15, 0.2) is 0 Å². The maximum absolute atomic E-state index is 4.62. The molecule has 1 aromatic heterocycles. The number of hydrogen-bond donors (Lipinski definition) is 1. The van der Waals surface area contributed by atoms with Crippen molar-refractivity contribution in [2.75, 3.05) is 6.54 Å². The molecule has 1 aliphatic carbocycles. The quantitative estimate of drug-likeness (QED) is 0.884. The summed E-state index contributed by atoms with van der Waals surface area (Å²) in [6.45, 7) is 13.5. The fourth-order valence-electron chi connectivity index (χ4n) is 2.86. The first kappa shape index (κ1) is 14.6. The molecule has 3 nitrogen and oxygen atoms in total. The van der Waals surface area contributed by atoms with Crippen LogP contribution in [0.1, 0.15) is 58.7 Å². The van der Waals surface area contributed by atoms with E-state index in [4.69, 9.17) is 0 Å². The van der Waals surface area contributed by atoms with Crippen LogP contribution < -0.4 is 5.32 Å². The molecule has 1 heterocycles. The van der Waals surface area contributed by atoms with E-state index in [0.717, 1.165) is 19.0 Å². The second-order valence-electron chi connectivity index (χ2n) is 7.55. The largest absolute Gasteiger partial charge is 0.312 e. The van der Waals surface area contributed by atoms with E-state index in [-0.39, 0.29) is 5.41 Å². The van der Waals surface area contributed by atoms with Gasteiger partial charge in [0.1, 0.15) is 0 Å². The van der Waals surface area contributed by atoms with Crippen molar-refractivity contribution in [3.63, 3.8) is 0 Å². The zero-order valence-electron chi connectivity index (χ0n) is 13.4. The zero-order chi connectivity index (χ0) is 14.3. The van der Waals surface area contributed by atoms with E-state index in [1.807, 2.05) is 11.7 Å². The normalized spacial score (nSPS) is 18.1. The average molecular weight is 263 g/mol. The standard InChI is InChI=1S/C16H29N3/c1-12(2)16(7-8-16)11-17-9-13-10-19(6)18-14(13)15(3,4)5/h10,12,17H,7-9,11H2,1-6H3. The molecule has 3 heteroatoms. The highest BCUT2D eigenvalue weighted by molar-refractivity contribution is 5.24. The SMILES string of the molecule is CC(C)C1(CNCc2cn(C)nc2C(C)(C)C)CC1. The van der Waals surface area contributed by atoms with Crippen LogP contribution in [-0.4, -0.2) is 16.3 Å². The van der Waals surface area contributed by atoms with Gasteiger partial charge in [-0.15, -0.1) is 0 Å². The summed E-state index contributed by atoms with van der Waals surface area (Å²) in [4.78, 5) is 0. The molecule has 1 fully saturated rings. The Labute approximate surface area is 117 Å². The predicted octanol–water partition coefficient (Wildman–Crippen LogP) is 3.24. The molecule has 0 unspecified atom stereocenters. The van der Waals surface area contributed by atoms with Gasteiger partial charge in [0.2, 0.25) is 0 Å². The van der Waals surface area contributed by atoms with Crippen molar-refractivity contribution in [3.05, 3.63) is 17.5 Å². The Balaban J connectivity index is 1.97. The van der Waals surface area contributed by atoms with Gasteiger partial charge in [-0.05, 0) is 24.2 Å². The summed E-state index contributed by atoms with van der Waals surface area (Å²) in [5.41, 5.74) is 3.25. The molecule has 1 N–H and O–H groups in total. The number of rotatable bonds is 5. The van der Waals surface area contributed by atoms with Gasteiger partial charge >= 0.3 is 0 Å². The number of aryl methyl sites for hydroxylation is 1. The third-order valence-corrected chi connectivity index (χ3v) is 4.52. The second kappa shape index (κ2) is 4.93. The van der Waals surface area contributed by atoms with E-state index in [9.17, 15) is 0 Å². The third-order valence-electron chi connectivity index (χ3n) is 4.52. The summed E-state index contributed by atoms with van der Waals surface area (Å²) in [5, 5.41) is 8.28. The van der Waals surface area contributed by atoms with Crippen molar-refractivity contribution in [2.24, 2.45) is 18.4 Å². The molecule has 108 valence electrons. The molecule has 1 aromatic rings. The van der Waals surface area contributed by atoms with Crippen molar-refractivity contribution in [2.45, 2.75) is 59.4 Å². The monoisotopic (exact) mass is 263 g/mol. The maximum atomic E-state index is 4.62. The summed E-state index contributed by atoms with van der Waals surface area (Å²) in [6.07, 6.45) is 4.93. The molecular weight excluding hydrogens is 234 g/mol. The van der Waals surface area contributed by atoms with Gasteiger partial charge in [0.25, 0.3) is 0 Å². The van der Waals surface area contributed by atoms with Gasteiger partial charge in [0, 0.05) is 37.3 Å². The highest BCUT2D eigenvalue weighted by Crippen LogP contribution is 2.51. The number of nitrogens with zero attached hydrogens (tertiary/aromatic N) is 2. The minimum Gasteiger partial charge on any atom is -0.312 e. The minimum atomic E-state index is 0.119. The summed E-state index contributed by atoms with van der Waals surface area (Å²) in [6, 6.07) is 0. The van der Waals surface area contributed by atoms with Crippen LogP contribution in [0.5, 0.6) is 0 Å². The van der Waals surface area contributed by atoms with Crippen LogP contribution >= 0.6 is 0 Å². The van der Waals surface area contributed by atoms with E-state index in [1.165, 1.54) is 24.1 Å². The first-order valence-electron chi connectivity index (χ1n) is 7.48. The molecule has 0 radical (unpaired) electrons. The number of aromatic nitrogens is 2. The summed E-state index contributed by atoms with van der Waals surface area (Å²) < 4.78 is 1.94. The van der Waals surface area contributed by atoms with Crippen molar-refractivity contribution >= 4 is 0 Å². The molecule has 0 spiro atoms. The maximum Gasteiger partial charge on any atom is 0.0722 e. The summed E-state index contributed by atoms with van der Waals surface area (Å²) in [5.74, 6) is 0.788. The van der Waals surface area contributed by atoms with Crippen molar-refractivity contribution in [1.29, 1.82) is 0 Å². The first-order chi connectivity index (χ1) is 8.74. The van der Waals surface area contributed by atoms with Crippen LogP contribution in [-0.2, 0) is 19.0 Å². The number of hydrogen-bond acceptors (Lipinski definition) is 2. The van der Waals surface area contributed by atoms with Gasteiger partial charge in [-0.3, -0.25) is 4.68 Å². The number of nitrogens with one attached hydrogen (secondary N) is 1. The molecule has 19 heavy (non-hydrogen) atoms. The molecule has 0 saturated heterocycles. The Morgan fingerprint density at radius 2 is 2.00 bits per heavy atom. The fraction of sp³-hybridized carbons (Fsp3) is 0.812. The van der Waals surface area contributed by atoms with Gasteiger partial charge in [-0.25, -0.2) is 0 Å². The molecule has 0 bridgehead atoms. The third kappa shape index (κ3) is 3.19. The van der Waals surface area contributed by atoms with Crippen molar-refractivity contribution in [1.82, 2.24) is 15.1 Å². The zero-order valence-corrected chi connectivity index (χ0v) is 13.4. The molecule has 1 saturated carbocycles. The van der Waals surface area contributed by atoms with Crippen LogP contribution in [0.4, 0.5) is 0 Å². The second-order valence-corrected chi connectivity index (χ2v) is 7.55. The Kier molecular flexibility index (Phi) is 3.78. The van der Waals surface area contributed by atoms with E-state index in [2.05, 4.69) is 51.2 Å². The lowest BCUT2D eigenvalue weighted by atomic mass is 9.89. The van der Waals surface area contributed by atoms with Crippen LogP contribution in [0.15, 0.2) is 6.20 Å². The first-order valence-corrected chi connectivity index (χ1v) is 7.48. The topological polar surface area (TPSA) is 29.9 Å². The summed E-state index contributed by atoms with van der Waals surface area (Å²) in [7, 11) is 2.01. The minimum absolute atomic E-state index is 0.119. The molecule has 0 aromatic carbocycles. The molecule has 0 amide bonds. The van der Waals surface area contributed by atoms with Crippen molar-refractivity contribution in [3.8, 4) is 0 Å². The highest BCUT2D eigenvalue weighted by atomic mass is 15.3. The lowest BCUT2D eigenvalue weighted by Gasteiger charge is -2.21. The Morgan fingerprint density at radius 1 is 1.37 bits per heavy atom. The predicted molar refractivity (Wildman–Crippen MR) is 80.1 cm³/mol. The molecular formula is C16H29N3. The van der Waals surface area contributed by atoms with E-state index < -0.39 is 0 Å². The lowest BCUT2D eigenvalue weighted by molar-refractivity contribution is 0.337. The van der Waals surface area contributed by atoms with E-state index in [1.54, 1.807) is 0 Å². The fourth-order valence-corrected chi connectivity index (χ4v) is 2.86. The lowest BCUT2D eigenvalue weighted by Crippen LogP contribution is -2.28. The van der Waals surface area contributed by atoms with E-state index >= 15 is 0 Å². The van der Waals surface area contributed by atoms with Crippen LogP contribution in [0.3, 0.4) is 0 Å². The van der Waals surface area contributed by atoms with E-state index in [0.29, 0.717) is 5.41 Å². The molecule has 1 aliphatic rings.